The van der Waals surface area contributed by atoms with Crippen molar-refractivity contribution in [3.8, 4) is 0 Å². The lowest BCUT2D eigenvalue weighted by Gasteiger charge is -2.33. The second kappa shape index (κ2) is 7.64. The Morgan fingerprint density at radius 1 is 1.40 bits per heavy atom. The predicted molar refractivity (Wildman–Crippen MR) is 73.0 cm³/mol. The van der Waals surface area contributed by atoms with E-state index in [0.717, 1.165) is 19.6 Å². The van der Waals surface area contributed by atoms with Gasteiger partial charge in [-0.05, 0) is 6.07 Å². The van der Waals surface area contributed by atoms with E-state index in [1.54, 1.807) is 12.1 Å². The largest absolute Gasteiger partial charge is 1.00 e. The normalized spacial score (nSPS) is 15.8. The molecule has 0 atom stereocenters. The van der Waals surface area contributed by atoms with Crippen molar-refractivity contribution in [3.05, 3.63) is 33.3 Å². The van der Waals surface area contributed by atoms with E-state index in [1.165, 1.54) is 11.0 Å². The van der Waals surface area contributed by atoms with Gasteiger partial charge in [0.1, 0.15) is 12.2 Å². The molecule has 0 radical (unpaired) electrons. The van der Waals surface area contributed by atoms with Gasteiger partial charge in [0.2, 0.25) is 0 Å². The fraction of sp³-hybridized carbons (Fsp3) is 0.500. The van der Waals surface area contributed by atoms with E-state index < -0.39 is 4.92 Å². The maximum atomic E-state index is 11.1. The molecule has 0 aliphatic carbocycles. The van der Waals surface area contributed by atoms with Crippen LogP contribution >= 0.6 is 11.6 Å². The monoisotopic (exact) mass is 321 g/mol. The first-order valence-electron chi connectivity index (χ1n) is 6.25. The summed E-state index contributed by atoms with van der Waals surface area (Å²) >= 11 is 6.11. The van der Waals surface area contributed by atoms with Crippen molar-refractivity contribution >= 4 is 23.0 Å². The van der Waals surface area contributed by atoms with Crippen LogP contribution < -0.4 is 22.2 Å². The summed E-state index contributed by atoms with van der Waals surface area (Å²) in [4.78, 5) is 13.9. The third-order valence-corrected chi connectivity index (χ3v) is 3.72. The molecule has 1 aromatic rings. The molecule has 6 nitrogen and oxygen atoms in total. The molecule has 2 N–H and O–H groups in total. The number of hydrogen-bond acceptors (Lipinski definition) is 4. The van der Waals surface area contributed by atoms with Gasteiger partial charge in [-0.3, -0.25) is 10.1 Å². The number of benzene rings is 1. The quantitative estimate of drug-likeness (QED) is 0.456. The van der Waals surface area contributed by atoms with E-state index in [4.69, 9.17) is 16.7 Å². The molecule has 0 bridgehead atoms. The maximum Gasteiger partial charge on any atom is 0.294 e. The highest BCUT2D eigenvalue weighted by Crippen LogP contribution is 2.35. The molecular weight excluding hydrogens is 305 g/mol. The lowest BCUT2D eigenvalue weighted by atomic mass is 10.2. The van der Waals surface area contributed by atoms with Crippen LogP contribution in [0.2, 0.25) is 5.02 Å². The third-order valence-electron chi connectivity index (χ3n) is 3.41. The topological polar surface area (TPSA) is 71.0 Å². The minimum absolute atomic E-state index is 0. The first-order chi connectivity index (χ1) is 9.13. The van der Waals surface area contributed by atoms with Crippen LogP contribution in [0.5, 0.6) is 0 Å². The van der Waals surface area contributed by atoms with Crippen LogP contribution in [0.1, 0.15) is 0 Å². The summed E-state index contributed by atoms with van der Waals surface area (Å²) < 4.78 is 0. The summed E-state index contributed by atoms with van der Waals surface area (Å²) in [6.07, 6.45) is 0. The van der Waals surface area contributed by atoms with Crippen molar-refractivity contribution in [3.63, 3.8) is 0 Å². The molecule has 0 unspecified atom stereocenters. The van der Waals surface area contributed by atoms with Crippen molar-refractivity contribution in [2.24, 2.45) is 0 Å². The van der Waals surface area contributed by atoms with Gasteiger partial charge >= 0.3 is 0 Å². The number of para-hydroxylation sites is 1. The van der Waals surface area contributed by atoms with E-state index in [0.29, 0.717) is 23.8 Å². The van der Waals surface area contributed by atoms with Crippen LogP contribution in [0.25, 0.3) is 0 Å². The fourth-order valence-electron chi connectivity index (χ4n) is 2.42. The van der Waals surface area contributed by atoms with Crippen molar-refractivity contribution < 1.29 is 27.3 Å². The number of nitro groups is 1. The van der Waals surface area contributed by atoms with Gasteiger partial charge in [0.25, 0.3) is 5.69 Å². The minimum Gasteiger partial charge on any atom is -1.00 e. The highest BCUT2D eigenvalue weighted by Gasteiger charge is 2.27. The van der Waals surface area contributed by atoms with Crippen LogP contribution in [0.4, 0.5) is 11.4 Å². The summed E-state index contributed by atoms with van der Waals surface area (Å²) in [5, 5.41) is 20.4. The summed E-state index contributed by atoms with van der Waals surface area (Å²) in [6, 6.07) is 4.75. The third kappa shape index (κ3) is 3.73. The molecule has 0 saturated carbocycles. The molecule has 1 fully saturated rings. The Hall–Kier alpha value is -1.08. The van der Waals surface area contributed by atoms with Crippen LogP contribution in [-0.2, 0) is 0 Å². The molecule has 20 heavy (non-hydrogen) atoms. The second-order valence-electron chi connectivity index (χ2n) is 4.58. The summed E-state index contributed by atoms with van der Waals surface area (Å²) in [7, 11) is 0. The molecule has 1 saturated heterocycles. The predicted octanol–water partition coefficient (Wildman–Crippen LogP) is -3.05. The van der Waals surface area contributed by atoms with Crippen LogP contribution in [0.15, 0.2) is 18.2 Å². The van der Waals surface area contributed by atoms with E-state index >= 15 is 0 Å². The minimum atomic E-state index is -0.395. The fourth-order valence-corrected chi connectivity index (χ4v) is 2.71. The van der Waals surface area contributed by atoms with Gasteiger partial charge in [-0.25, -0.2) is 0 Å². The number of rotatable bonds is 4. The Labute approximate surface area is 128 Å². The number of hydrogen-bond donors (Lipinski definition) is 2. The molecule has 112 valence electrons. The first kappa shape index (κ1) is 17.0. The Balaban J connectivity index is 0.00000200. The lowest BCUT2D eigenvalue weighted by molar-refractivity contribution is -0.900. The Bertz CT molecular complexity index is 465. The molecule has 1 heterocycles. The average Bonchev–Trinajstić information content (AvgIpc) is 2.40. The number of nitrogens with one attached hydrogen (secondary N) is 1. The van der Waals surface area contributed by atoms with Crippen molar-refractivity contribution in [1.82, 2.24) is 0 Å². The van der Waals surface area contributed by atoms with Crippen molar-refractivity contribution in [2.45, 2.75) is 0 Å². The Kier molecular flexibility index (Phi) is 6.48. The zero-order valence-electron chi connectivity index (χ0n) is 10.9. The SMILES string of the molecule is O=[N+]([O-])c1cccc(Cl)c1N1CC[NH+](CCO)CC1.[Cl-]. The standard InChI is InChI=1S/C12H16ClN3O3.ClH/c13-10-2-1-3-11(16(18)19)12(10)15-6-4-14(5-7-15)8-9-17;/h1-3,17H,4-9H2;1H. The molecule has 1 aliphatic heterocycles. The molecule has 1 aliphatic rings. The molecule has 2 rings (SSSR count). The van der Waals surface area contributed by atoms with Crippen molar-refractivity contribution in [1.29, 1.82) is 0 Å². The van der Waals surface area contributed by atoms with Crippen LogP contribution in [0.3, 0.4) is 0 Å². The molecule has 1 aromatic carbocycles. The smallest absolute Gasteiger partial charge is 0.294 e. The average molecular weight is 322 g/mol. The Morgan fingerprint density at radius 2 is 2.05 bits per heavy atom. The van der Waals surface area contributed by atoms with E-state index in [2.05, 4.69) is 0 Å². The van der Waals surface area contributed by atoms with Crippen LogP contribution in [0, 0.1) is 10.1 Å². The molecule has 0 spiro atoms. The molecule has 0 amide bonds. The number of anilines is 1. The number of nitrogens with zero attached hydrogens (tertiary/aromatic N) is 2. The van der Waals surface area contributed by atoms with Gasteiger partial charge in [-0.15, -0.1) is 0 Å². The zero-order chi connectivity index (χ0) is 13.8. The molecule has 8 heteroatoms. The van der Waals surface area contributed by atoms with E-state index in [9.17, 15) is 10.1 Å². The number of halogens is 2. The van der Waals surface area contributed by atoms with E-state index in [-0.39, 0.29) is 24.7 Å². The Morgan fingerprint density at radius 3 is 2.60 bits per heavy atom. The lowest BCUT2D eigenvalue weighted by Crippen LogP contribution is -3.15. The number of quaternary nitrogens is 1. The van der Waals surface area contributed by atoms with Gasteiger partial charge < -0.3 is 27.3 Å². The summed E-state index contributed by atoms with van der Waals surface area (Å²) in [5.41, 5.74) is 0.565. The summed E-state index contributed by atoms with van der Waals surface area (Å²) in [6.45, 7) is 4.01. The number of nitro benzene ring substituents is 1. The highest BCUT2D eigenvalue weighted by atomic mass is 35.5. The van der Waals surface area contributed by atoms with Crippen LogP contribution in [-0.4, -0.2) is 49.4 Å². The number of piperazine rings is 1. The van der Waals surface area contributed by atoms with Gasteiger partial charge in [0, 0.05) is 6.07 Å². The number of aliphatic hydroxyl groups excluding tert-OH is 1. The molecular formula is C12H17Cl2N3O3. The van der Waals surface area contributed by atoms with E-state index in [1.807, 2.05) is 4.90 Å². The van der Waals surface area contributed by atoms with Gasteiger partial charge in [0.15, 0.2) is 0 Å². The maximum absolute atomic E-state index is 11.1. The number of aliphatic hydroxyl groups is 1. The zero-order valence-corrected chi connectivity index (χ0v) is 12.4. The summed E-state index contributed by atoms with van der Waals surface area (Å²) in [5.74, 6) is 0. The first-order valence-corrected chi connectivity index (χ1v) is 6.63. The van der Waals surface area contributed by atoms with Gasteiger partial charge in [0.05, 0.1) is 42.7 Å². The second-order valence-corrected chi connectivity index (χ2v) is 4.98. The molecule has 0 aromatic heterocycles. The highest BCUT2D eigenvalue weighted by molar-refractivity contribution is 6.33. The van der Waals surface area contributed by atoms with Gasteiger partial charge in [-0.1, -0.05) is 17.7 Å². The van der Waals surface area contributed by atoms with Gasteiger partial charge in [-0.2, -0.15) is 0 Å². The van der Waals surface area contributed by atoms with Crippen molar-refractivity contribution in [2.75, 3.05) is 44.2 Å².